The number of hydrogen-bond acceptors (Lipinski definition) is 2. The minimum absolute atomic E-state index is 0.265. The molecule has 0 aliphatic heterocycles. The van der Waals surface area contributed by atoms with Crippen LogP contribution in [0.15, 0.2) is 53.5 Å². The quantitative estimate of drug-likeness (QED) is 0.781. The molecular formula is C14H16OS. The third kappa shape index (κ3) is 3.26. The molecule has 2 rings (SSSR count). The molecule has 0 saturated heterocycles. The van der Waals surface area contributed by atoms with E-state index < -0.39 is 0 Å². The van der Waals surface area contributed by atoms with E-state index in [1.54, 1.807) is 7.11 Å². The highest BCUT2D eigenvalue weighted by molar-refractivity contribution is 8.02. The van der Waals surface area contributed by atoms with Crippen LogP contribution in [0.1, 0.15) is 12.0 Å². The molecule has 0 bridgehead atoms. The third-order valence-electron chi connectivity index (χ3n) is 2.58. The standard InChI is InChI=1S/C14H16OS/c1-15-13-7-9-14(10-8-13)16-11-12-5-3-2-4-6-12/h2-7,9-10,13H,8,11H2,1H3. The fourth-order valence-electron chi connectivity index (χ4n) is 1.60. The molecule has 0 heterocycles. The van der Waals surface area contributed by atoms with Crippen LogP contribution < -0.4 is 0 Å². The zero-order valence-electron chi connectivity index (χ0n) is 9.43. The van der Waals surface area contributed by atoms with Gasteiger partial charge in [0.05, 0.1) is 6.10 Å². The third-order valence-corrected chi connectivity index (χ3v) is 3.69. The Bertz CT molecular complexity index is 381. The Hall–Kier alpha value is -0.990. The van der Waals surface area contributed by atoms with E-state index in [4.69, 9.17) is 4.74 Å². The number of methoxy groups -OCH3 is 1. The molecule has 0 amide bonds. The van der Waals surface area contributed by atoms with Crippen molar-refractivity contribution < 1.29 is 4.74 Å². The van der Waals surface area contributed by atoms with E-state index in [9.17, 15) is 0 Å². The molecule has 0 aromatic heterocycles. The lowest BCUT2D eigenvalue weighted by Crippen LogP contribution is -2.07. The normalized spacial score (nSPS) is 19.6. The number of hydrogen-bond donors (Lipinski definition) is 0. The van der Waals surface area contributed by atoms with Crippen LogP contribution in [0.5, 0.6) is 0 Å². The maximum atomic E-state index is 5.26. The molecule has 1 atom stereocenters. The predicted octanol–water partition coefficient (Wildman–Crippen LogP) is 3.78. The second kappa shape index (κ2) is 5.92. The smallest absolute Gasteiger partial charge is 0.0790 e. The SMILES string of the molecule is COC1C=CC(SCc2ccccc2)=CC1. The van der Waals surface area contributed by atoms with Crippen LogP contribution in [0.4, 0.5) is 0 Å². The summed E-state index contributed by atoms with van der Waals surface area (Å²) in [6.45, 7) is 0. The molecule has 1 aliphatic rings. The summed E-state index contributed by atoms with van der Waals surface area (Å²) in [4.78, 5) is 1.34. The molecule has 1 aliphatic carbocycles. The molecule has 0 N–H and O–H groups in total. The summed E-state index contributed by atoms with van der Waals surface area (Å²) in [6.07, 6.45) is 7.80. The van der Waals surface area contributed by atoms with Crippen molar-refractivity contribution in [2.45, 2.75) is 18.3 Å². The minimum atomic E-state index is 0.265. The van der Waals surface area contributed by atoms with Gasteiger partial charge in [-0.2, -0.15) is 0 Å². The summed E-state index contributed by atoms with van der Waals surface area (Å²) >= 11 is 1.88. The van der Waals surface area contributed by atoms with Gasteiger partial charge in [0.2, 0.25) is 0 Å². The zero-order valence-corrected chi connectivity index (χ0v) is 10.2. The van der Waals surface area contributed by atoms with E-state index in [2.05, 4.69) is 48.6 Å². The molecule has 16 heavy (non-hydrogen) atoms. The van der Waals surface area contributed by atoms with Gasteiger partial charge < -0.3 is 4.74 Å². The van der Waals surface area contributed by atoms with Crippen molar-refractivity contribution in [1.82, 2.24) is 0 Å². The first kappa shape index (κ1) is 11.5. The maximum Gasteiger partial charge on any atom is 0.0790 e. The lowest BCUT2D eigenvalue weighted by molar-refractivity contribution is 0.142. The van der Waals surface area contributed by atoms with E-state index in [0.717, 1.165) is 12.2 Å². The summed E-state index contributed by atoms with van der Waals surface area (Å²) in [5.74, 6) is 1.04. The minimum Gasteiger partial charge on any atom is -0.377 e. The van der Waals surface area contributed by atoms with Gasteiger partial charge in [0.25, 0.3) is 0 Å². The van der Waals surface area contributed by atoms with Crippen molar-refractivity contribution in [2.24, 2.45) is 0 Å². The summed E-state index contributed by atoms with van der Waals surface area (Å²) < 4.78 is 5.26. The lowest BCUT2D eigenvalue weighted by Gasteiger charge is -2.14. The van der Waals surface area contributed by atoms with E-state index in [1.165, 1.54) is 10.5 Å². The Morgan fingerprint density at radius 1 is 1.31 bits per heavy atom. The molecule has 2 heteroatoms. The lowest BCUT2D eigenvalue weighted by atomic mass is 10.1. The van der Waals surface area contributed by atoms with Crippen LogP contribution >= 0.6 is 11.8 Å². The van der Waals surface area contributed by atoms with Gasteiger partial charge in [-0.1, -0.05) is 48.6 Å². The van der Waals surface area contributed by atoms with Crippen LogP contribution in [-0.2, 0) is 10.5 Å². The Kier molecular flexibility index (Phi) is 4.25. The summed E-state index contributed by atoms with van der Waals surface area (Å²) in [7, 11) is 1.75. The van der Waals surface area contributed by atoms with Crippen LogP contribution in [0.2, 0.25) is 0 Å². The van der Waals surface area contributed by atoms with Crippen molar-refractivity contribution >= 4 is 11.8 Å². The van der Waals surface area contributed by atoms with Crippen LogP contribution in [-0.4, -0.2) is 13.2 Å². The first-order valence-electron chi connectivity index (χ1n) is 5.46. The predicted molar refractivity (Wildman–Crippen MR) is 70.4 cm³/mol. The summed E-state index contributed by atoms with van der Waals surface area (Å²) in [5, 5.41) is 0. The van der Waals surface area contributed by atoms with Gasteiger partial charge in [-0.15, -0.1) is 11.8 Å². The van der Waals surface area contributed by atoms with E-state index in [1.807, 2.05) is 11.8 Å². The highest BCUT2D eigenvalue weighted by Gasteiger charge is 2.07. The van der Waals surface area contributed by atoms with Crippen LogP contribution in [0.3, 0.4) is 0 Å². The molecule has 0 fully saturated rings. The van der Waals surface area contributed by atoms with Gasteiger partial charge in [-0.25, -0.2) is 0 Å². The van der Waals surface area contributed by atoms with Crippen LogP contribution in [0, 0.1) is 0 Å². The second-order valence-electron chi connectivity index (χ2n) is 3.75. The molecular weight excluding hydrogens is 216 g/mol. The fraction of sp³-hybridized carbons (Fsp3) is 0.286. The van der Waals surface area contributed by atoms with Crippen molar-refractivity contribution in [3.05, 3.63) is 59.0 Å². The molecule has 1 aromatic carbocycles. The van der Waals surface area contributed by atoms with Crippen molar-refractivity contribution in [1.29, 1.82) is 0 Å². The van der Waals surface area contributed by atoms with E-state index in [0.29, 0.717) is 0 Å². The Morgan fingerprint density at radius 2 is 2.12 bits per heavy atom. The highest BCUT2D eigenvalue weighted by atomic mass is 32.2. The highest BCUT2D eigenvalue weighted by Crippen LogP contribution is 2.26. The van der Waals surface area contributed by atoms with E-state index >= 15 is 0 Å². The first-order chi connectivity index (χ1) is 7.88. The molecule has 1 aromatic rings. The van der Waals surface area contributed by atoms with Crippen molar-refractivity contribution in [3.63, 3.8) is 0 Å². The van der Waals surface area contributed by atoms with Gasteiger partial charge in [-0.3, -0.25) is 0 Å². The van der Waals surface area contributed by atoms with E-state index in [-0.39, 0.29) is 6.10 Å². The first-order valence-corrected chi connectivity index (χ1v) is 6.45. The van der Waals surface area contributed by atoms with Crippen LogP contribution in [0.25, 0.3) is 0 Å². The molecule has 0 radical (unpaired) electrons. The molecule has 1 nitrogen and oxygen atoms in total. The van der Waals surface area contributed by atoms with Gasteiger partial charge >= 0.3 is 0 Å². The topological polar surface area (TPSA) is 9.23 Å². The average molecular weight is 232 g/mol. The second-order valence-corrected chi connectivity index (χ2v) is 4.80. The Morgan fingerprint density at radius 3 is 2.75 bits per heavy atom. The molecule has 0 saturated carbocycles. The number of benzene rings is 1. The largest absolute Gasteiger partial charge is 0.377 e. The van der Waals surface area contributed by atoms with Gasteiger partial charge in [0.1, 0.15) is 0 Å². The molecule has 0 spiro atoms. The maximum absolute atomic E-state index is 5.26. The molecule has 84 valence electrons. The number of thioether (sulfide) groups is 1. The van der Waals surface area contributed by atoms with Crippen molar-refractivity contribution in [3.8, 4) is 0 Å². The Balaban J connectivity index is 1.84. The van der Waals surface area contributed by atoms with Gasteiger partial charge in [0, 0.05) is 17.8 Å². The number of ether oxygens (including phenoxy) is 1. The monoisotopic (exact) mass is 232 g/mol. The fourth-order valence-corrected chi connectivity index (χ4v) is 2.52. The van der Waals surface area contributed by atoms with Gasteiger partial charge in [0.15, 0.2) is 0 Å². The summed E-state index contributed by atoms with van der Waals surface area (Å²) in [6, 6.07) is 10.6. The van der Waals surface area contributed by atoms with Crippen molar-refractivity contribution in [2.75, 3.05) is 7.11 Å². The zero-order chi connectivity index (χ0) is 11.2. The van der Waals surface area contributed by atoms with Gasteiger partial charge in [-0.05, 0) is 12.0 Å². The average Bonchev–Trinajstić information content (AvgIpc) is 2.38. The number of allylic oxidation sites excluding steroid dienone is 1. The summed E-state index contributed by atoms with van der Waals surface area (Å²) in [5.41, 5.74) is 1.37. The molecule has 1 unspecified atom stereocenters. The Labute approximate surface area is 101 Å². The number of rotatable bonds is 4.